The molecule has 0 fully saturated rings. The Labute approximate surface area is 156 Å². The van der Waals surface area contributed by atoms with Gasteiger partial charge in [0, 0.05) is 24.0 Å². The van der Waals surface area contributed by atoms with E-state index in [-0.39, 0.29) is 23.2 Å². The maximum atomic E-state index is 12.7. The van der Waals surface area contributed by atoms with E-state index >= 15 is 0 Å². The summed E-state index contributed by atoms with van der Waals surface area (Å²) in [7, 11) is -2.13. The van der Waals surface area contributed by atoms with Crippen molar-refractivity contribution >= 4 is 21.4 Å². The van der Waals surface area contributed by atoms with Crippen molar-refractivity contribution in [2.24, 2.45) is 7.05 Å². The van der Waals surface area contributed by atoms with Gasteiger partial charge in [0.15, 0.2) is 10.6 Å². The van der Waals surface area contributed by atoms with E-state index in [4.69, 9.17) is 4.42 Å². The van der Waals surface area contributed by atoms with Crippen molar-refractivity contribution in [3.63, 3.8) is 0 Å². The quantitative estimate of drug-likeness (QED) is 0.640. The molecule has 0 radical (unpaired) electrons. The highest BCUT2D eigenvalue weighted by Crippen LogP contribution is 2.33. The number of aryl methyl sites for hydroxylation is 1. The Morgan fingerprint density at radius 2 is 2.15 bits per heavy atom. The molecular weight excluding hydrogens is 374 g/mol. The molecule has 0 aliphatic rings. The molecule has 3 heterocycles. The molecule has 9 heteroatoms. The summed E-state index contributed by atoms with van der Waals surface area (Å²) in [6.07, 6.45) is 2.91. The topological polar surface area (TPSA) is 97.4 Å². The van der Waals surface area contributed by atoms with Crippen molar-refractivity contribution in [1.29, 1.82) is 0 Å². The first-order valence-corrected chi connectivity index (χ1v) is 10.4. The molecular formula is C17H21N3O4S2. The van der Waals surface area contributed by atoms with Crippen LogP contribution in [0, 0.1) is 0 Å². The van der Waals surface area contributed by atoms with Gasteiger partial charge in [-0.05, 0) is 23.6 Å². The van der Waals surface area contributed by atoms with Gasteiger partial charge >= 0.3 is 0 Å². The van der Waals surface area contributed by atoms with E-state index in [1.54, 1.807) is 35.9 Å². The van der Waals surface area contributed by atoms with E-state index < -0.39 is 15.6 Å². The first-order chi connectivity index (χ1) is 12.2. The fourth-order valence-corrected chi connectivity index (χ4v) is 4.60. The highest BCUT2D eigenvalue weighted by molar-refractivity contribution is 7.89. The molecule has 2 N–H and O–H groups in total. The molecule has 0 spiro atoms. The molecule has 1 unspecified atom stereocenters. The summed E-state index contributed by atoms with van der Waals surface area (Å²) < 4.78 is 34.9. The van der Waals surface area contributed by atoms with Crippen LogP contribution < -0.4 is 4.72 Å². The Morgan fingerprint density at radius 3 is 2.69 bits per heavy atom. The van der Waals surface area contributed by atoms with Gasteiger partial charge in [0.25, 0.3) is 10.0 Å². The second-order valence-corrected chi connectivity index (χ2v) is 9.00. The second-order valence-electron chi connectivity index (χ2n) is 6.34. The lowest BCUT2D eigenvalue weighted by atomic mass is 9.99. The standard InChI is InChI=1S/C17H21N3O4S2/c1-12(2)16-19-15(10-20(16)3)26(22,23)18-11-17(21,13-6-4-8-24-13)14-7-5-9-25-14/h4-10,12,18,21H,11H2,1-3H3. The first kappa shape index (κ1) is 18.8. The molecule has 0 aliphatic heterocycles. The zero-order valence-electron chi connectivity index (χ0n) is 14.7. The van der Waals surface area contributed by atoms with E-state index in [1.807, 2.05) is 19.2 Å². The number of furan rings is 1. The Bertz CT molecular complexity index is 924. The van der Waals surface area contributed by atoms with Crippen LogP contribution in [0.3, 0.4) is 0 Å². The number of rotatable bonds is 7. The lowest BCUT2D eigenvalue weighted by Gasteiger charge is -2.25. The van der Waals surface area contributed by atoms with Crippen molar-refractivity contribution in [2.45, 2.75) is 30.4 Å². The number of nitrogens with zero attached hydrogens (tertiary/aromatic N) is 2. The van der Waals surface area contributed by atoms with Crippen molar-refractivity contribution in [3.8, 4) is 0 Å². The Balaban J connectivity index is 1.89. The van der Waals surface area contributed by atoms with Gasteiger partial charge in [-0.2, -0.15) is 0 Å². The molecule has 0 saturated carbocycles. The lowest BCUT2D eigenvalue weighted by molar-refractivity contribution is 0.0655. The van der Waals surface area contributed by atoms with E-state index in [1.165, 1.54) is 23.8 Å². The largest absolute Gasteiger partial charge is 0.466 e. The van der Waals surface area contributed by atoms with Crippen LogP contribution in [0.1, 0.15) is 36.2 Å². The smallest absolute Gasteiger partial charge is 0.259 e. The molecule has 1 atom stereocenters. The summed E-state index contributed by atoms with van der Waals surface area (Å²) in [4.78, 5) is 4.80. The highest BCUT2D eigenvalue weighted by Gasteiger charge is 2.37. The molecule has 3 rings (SSSR count). The lowest BCUT2D eigenvalue weighted by Crippen LogP contribution is -2.41. The molecule has 140 valence electrons. The van der Waals surface area contributed by atoms with Gasteiger partial charge in [-0.3, -0.25) is 0 Å². The predicted molar refractivity (Wildman–Crippen MR) is 98.5 cm³/mol. The number of imidazole rings is 1. The third-order valence-corrected chi connectivity index (χ3v) is 6.35. The highest BCUT2D eigenvalue weighted by atomic mass is 32.2. The summed E-state index contributed by atoms with van der Waals surface area (Å²) in [5.74, 6) is 1.03. The van der Waals surface area contributed by atoms with Crippen molar-refractivity contribution in [2.75, 3.05) is 6.54 Å². The minimum Gasteiger partial charge on any atom is -0.466 e. The van der Waals surface area contributed by atoms with Crippen LogP contribution in [-0.4, -0.2) is 29.6 Å². The number of aliphatic hydroxyl groups is 1. The zero-order valence-corrected chi connectivity index (χ0v) is 16.3. The van der Waals surface area contributed by atoms with Crippen molar-refractivity contribution in [3.05, 3.63) is 58.6 Å². The van der Waals surface area contributed by atoms with Gasteiger partial charge < -0.3 is 14.1 Å². The summed E-state index contributed by atoms with van der Waals surface area (Å²) in [6, 6.07) is 6.79. The SMILES string of the molecule is CC(C)c1nc(S(=O)(=O)NCC(O)(c2ccco2)c2cccs2)cn1C. The normalized spacial score (nSPS) is 14.7. The molecule has 3 aromatic rings. The van der Waals surface area contributed by atoms with Crippen LogP contribution in [0.25, 0.3) is 0 Å². The summed E-state index contributed by atoms with van der Waals surface area (Å²) in [5.41, 5.74) is -1.60. The number of thiophene rings is 1. The number of hydrogen-bond acceptors (Lipinski definition) is 6. The van der Waals surface area contributed by atoms with Crippen LogP contribution in [0.2, 0.25) is 0 Å². The summed E-state index contributed by atoms with van der Waals surface area (Å²) in [6.45, 7) is 3.62. The van der Waals surface area contributed by atoms with Crippen LogP contribution in [0.15, 0.2) is 51.5 Å². The van der Waals surface area contributed by atoms with Gasteiger partial charge in [-0.15, -0.1) is 11.3 Å². The number of nitrogens with one attached hydrogen (secondary N) is 1. The average Bonchev–Trinajstić information content (AvgIpc) is 3.32. The Kier molecular flexibility index (Phi) is 5.07. The van der Waals surface area contributed by atoms with Gasteiger partial charge in [0.2, 0.25) is 0 Å². The van der Waals surface area contributed by atoms with Gasteiger partial charge in [0.05, 0.1) is 12.8 Å². The van der Waals surface area contributed by atoms with Gasteiger partial charge in [-0.1, -0.05) is 19.9 Å². The van der Waals surface area contributed by atoms with E-state index in [9.17, 15) is 13.5 Å². The van der Waals surface area contributed by atoms with E-state index in [0.29, 0.717) is 10.7 Å². The molecule has 0 aromatic carbocycles. The summed E-state index contributed by atoms with van der Waals surface area (Å²) in [5, 5.41) is 12.9. The Morgan fingerprint density at radius 1 is 1.38 bits per heavy atom. The third kappa shape index (κ3) is 3.48. The predicted octanol–water partition coefficient (Wildman–Crippen LogP) is 2.41. The van der Waals surface area contributed by atoms with Crippen LogP contribution >= 0.6 is 11.3 Å². The molecule has 26 heavy (non-hydrogen) atoms. The zero-order chi connectivity index (χ0) is 18.9. The second kappa shape index (κ2) is 6.99. The van der Waals surface area contributed by atoms with Crippen molar-refractivity contribution in [1.82, 2.24) is 14.3 Å². The average molecular weight is 396 g/mol. The van der Waals surface area contributed by atoms with E-state index in [2.05, 4.69) is 9.71 Å². The minimum absolute atomic E-state index is 0.0725. The van der Waals surface area contributed by atoms with Crippen LogP contribution in [-0.2, 0) is 22.7 Å². The first-order valence-electron chi connectivity index (χ1n) is 8.07. The molecule has 0 aliphatic carbocycles. The maximum absolute atomic E-state index is 12.7. The number of aromatic nitrogens is 2. The third-order valence-electron chi connectivity index (χ3n) is 4.06. The monoisotopic (exact) mass is 395 g/mol. The molecule has 0 amide bonds. The minimum atomic E-state index is -3.89. The fourth-order valence-electron chi connectivity index (χ4n) is 2.72. The van der Waals surface area contributed by atoms with Crippen LogP contribution in [0.4, 0.5) is 0 Å². The number of hydrogen-bond donors (Lipinski definition) is 2. The summed E-state index contributed by atoms with van der Waals surface area (Å²) >= 11 is 1.32. The molecule has 0 saturated heterocycles. The van der Waals surface area contributed by atoms with E-state index in [0.717, 1.165) is 0 Å². The van der Waals surface area contributed by atoms with Crippen LogP contribution in [0.5, 0.6) is 0 Å². The molecule has 3 aromatic heterocycles. The maximum Gasteiger partial charge on any atom is 0.259 e. The Hall–Kier alpha value is -1.94. The fraction of sp³-hybridized carbons (Fsp3) is 0.353. The van der Waals surface area contributed by atoms with Crippen molar-refractivity contribution < 1.29 is 17.9 Å². The number of sulfonamides is 1. The van der Waals surface area contributed by atoms with Gasteiger partial charge in [0.1, 0.15) is 11.6 Å². The van der Waals surface area contributed by atoms with Gasteiger partial charge in [-0.25, -0.2) is 18.1 Å². The molecule has 0 bridgehead atoms. The molecule has 7 nitrogen and oxygen atoms in total.